The van der Waals surface area contributed by atoms with Crippen LogP contribution in [-0.4, -0.2) is 4.98 Å². The summed E-state index contributed by atoms with van der Waals surface area (Å²) in [5.41, 5.74) is 5.57. The Hall–Kier alpha value is -0.460. The molecule has 0 fully saturated rings. The van der Waals surface area contributed by atoms with E-state index in [1.807, 2.05) is 22.6 Å². The van der Waals surface area contributed by atoms with E-state index in [0.29, 0.717) is 9.39 Å². The van der Waals surface area contributed by atoms with Gasteiger partial charge >= 0.3 is 0 Å². The molecule has 0 aliphatic rings. The molecule has 1 heterocycles. The Balaban J connectivity index is 3.05. The maximum atomic E-state index is 12.0. The summed E-state index contributed by atoms with van der Waals surface area (Å²) in [6.07, 6.45) is -2.52. The Morgan fingerprint density at radius 3 is 2.55 bits per heavy atom. The molecule has 1 aromatic rings. The lowest BCUT2D eigenvalue weighted by molar-refractivity contribution is 0.146. The second kappa shape index (κ2) is 3.29. The van der Waals surface area contributed by atoms with Crippen molar-refractivity contribution in [3.63, 3.8) is 0 Å². The van der Waals surface area contributed by atoms with Gasteiger partial charge in [0.15, 0.2) is 0 Å². The molecule has 5 heteroatoms. The molecule has 0 spiro atoms. The molecule has 0 amide bonds. The van der Waals surface area contributed by atoms with E-state index in [1.54, 1.807) is 0 Å². The van der Waals surface area contributed by atoms with Crippen LogP contribution >= 0.6 is 22.6 Å². The monoisotopic (exact) mass is 270 g/mol. The van der Waals surface area contributed by atoms with Crippen LogP contribution in [0.15, 0.2) is 12.1 Å². The molecule has 0 atom stereocenters. The largest absolute Gasteiger partial charge is 0.397 e. The van der Waals surface area contributed by atoms with Gasteiger partial charge in [-0.2, -0.15) is 0 Å². The quantitative estimate of drug-likeness (QED) is 0.627. The maximum absolute atomic E-state index is 12.0. The van der Waals surface area contributed by atoms with Gasteiger partial charge in [0.05, 0.1) is 5.69 Å². The number of nitrogens with two attached hydrogens (primary N) is 1. The van der Waals surface area contributed by atoms with Gasteiger partial charge in [0.2, 0.25) is 0 Å². The Bertz CT molecular complexity index is 265. The van der Waals surface area contributed by atoms with Crippen LogP contribution in [0.4, 0.5) is 14.5 Å². The molecule has 0 saturated heterocycles. The molecule has 60 valence electrons. The van der Waals surface area contributed by atoms with Crippen LogP contribution in [0.1, 0.15) is 12.1 Å². The molecule has 0 bridgehead atoms. The summed E-state index contributed by atoms with van der Waals surface area (Å²) < 4.78 is 24.4. The van der Waals surface area contributed by atoms with Crippen molar-refractivity contribution in [1.29, 1.82) is 0 Å². The topological polar surface area (TPSA) is 38.9 Å². The molecule has 2 N–H and O–H groups in total. The zero-order chi connectivity index (χ0) is 8.43. The molecule has 0 aliphatic heterocycles. The highest BCUT2D eigenvalue weighted by molar-refractivity contribution is 14.1. The lowest BCUT2D eigenvalue weighted by atomic mass is 10.3. The van der Waals surface area contributed by atoms with Gasteiger partial charge in [0.25, 0.3) is 6.43 Å². The van der Waals surface area contributed by atoms with Gasteiger partial charge in [-0.05, 0) is 34.7 Å². The summed E-state index contributed by atoms with van der Waals surface area (Å²) in [6.45, 7) is 0. The summed E-state index contributed by atoms with van der Waals surface area (Å²) >= 11 is 1.81. The fraction of sp³-hybridized carbons (Fsp3) is 0.167. The molecule has 11 heavy (non-hydrogen) atoms. The third-order valence-electron chi connectivity index (χ3n) is 1.12. The fourth-order valence-corrected chi connectivity index (χ4v) is 1.04. The van der Waals surface area contributed by atoms with E-state index in [9.17, 15) is 8.78 Å². The second-order valence-corrected chi connectivity index (χ2v) is 2.94. The lowest BCUT2D eigenvalue weighted by Crippen LogP contribution is -1.96. The first-order valence-corrected chi connectivity index (χ1v) is 3.89. The first-order chi connectivity index (χ1) is 5.11. The zero-order valence-electron chi connectivity index (χ0n) is 5.39. The van der Waals surface area contributed by atoms with Gasteiger partial charge in [-0.1, -0.05) is 0 Å². The first-order valence-electron chi connectivity index (χ1n) is 2.81. The highest BCUT2D eigenvalue weighted by Gasteiger charge is 2.09. The molecule has 0 unspecified atom stereocenters. The molecular formula is C6H5F2IN2. The maximum Gasteiger partial charge on any atom is 0.280 e. The minimum Gasteiger partial charge on any atom is -0.397 e. The molecular weight excluding hydrogens is 265 g/mol. The van der Waals surface area contributed by atoms with Gasteiger partial charge in [-0.25, -0.2) is 13.8 Å². The molecule has 0 saturated carbocycles. The number of nitrogen functional groups attached to an aromatic ring is 1. The normalized spacial score (nSPS) is 10.5. The van der Waals surface area contributed by atoms with Gasteiger partial charge < -0.3 is 5.73 Å². The van der Waals surface area contributed by atoms with E-state index in [2.05, 4.69) is 4.98 Å². The van der Waals surface area contributed by atoms with Crippen molar-refractivity contribution in [2.45, 2.75) is 6.43 Å². The van der Waals surface area contributed by atoms with Crippen molar-refractivity contribution in [2.24, 2.45) is 0 Å². The summed E-state index contributed by atoms with van der Waals surface area (Å²) in [5.74, 6) is 0. The molecule has 1 aromatic heterocycles. The van der Waals surface area contributed by atoms with Crippen LogP contribution in [0, 0.1) is 3.70 Å². The number of hydrogen-bond donors (Lipinski definition) is 1. The van der Waals surface area contributed by atoms with E-state index >= 15 is 0 Å². The highest BCUT2D eigenvalue weighted by Crippen LogP contribution is 2.19. The minimum atomic E-state index is -2.52. The first kappa shape index (κ1) is 8.63. The fourth-order valence-electron chi connectivity index (χ4n) is 0.581. The molecule has 0 radical (unpaired) electrons. The van der Waals surface area contributed by atoms with Crippen molar-refractivity contribution in [2.75, 3.05) is 5.73 Å². The van der Waals surface area contributed by atoms with Crippen molar-refractivity contribution in [1.82, 2.24) is 4.98 Å². The van der Waals surface area contributed by atoms with E-state index in [-0.39, 0.29) is 5.69 Å². The molecule has 1 rings (SSSR count). The Kier molecular flexibility index (Phi) is 2.58. The average molecular weight is 270 g/mol. The Morgan fingerprint density at radius 1 is 1.45 bits per heavy atom. The SMILES string of the molecule is Nc1ccc(C(F)F)nc1I. The molecule has 2 nitrogen and oxygen atoms in total. The summed E-state index contributed by atoms with van der Waals surface area (Å²) in [5, 5.41) is 0. The molecule has 0 aliphatic carbocycles. The van der Waals surface area contributed by atoms with E-state index in [0.717, 1.165) is 0 Å². The summed E-state index contributed by atoms with van der Waals surface area (Å²) in [7, 11) is 0. The summed E-state index contributed by atoms with van der Waals surface area (Å²) in [6, 6.07) is 2.65. The van der Waals surface area contributed by atoms with Crippen LogP contribution in [0.3, 0.4) is 0 Å². The molecule has 0 aromatic carbocycles. The van der Waals surface area contributed by atoms with Crippen molar-refractivity contribution in [3.8, 4) is 0 Å². The predicted molar refractivity (Wildman–Crippen MR) is 46.3 cm³/mol. The predicted octanol–water partition coefficient (Wildman–Crippen LogP) is 2.21. The van der Waals surface area contributed by atoms with Gasteiger partial charge in [-0.15, -0.1) is 0 Å². The third-order valence-corrected chi connectivity index (χ3v) is 1.99. The zero-order valence-corrected chi connectivity index (χ0v) is 7.55. The van der Waals surface area contributed by atoms with Crippen LogP contribution in [0.5, 0.6) is 0 Å². The van der Waals surface area contributed by atoms with Crippen molar-refractivity contribution < 1.29 is 8.78 Å². The number of alkyl halides is 2. The van der Waals surface area contributed by atoms with Gasteiger partial charge in [0.1, 0.15) is 9.39 Å². The number of nitrogens with zero attached hydrogens (tertiary/aromatic N) is 1. The number of rotatable bonds is 1. The van der Waals surface area contributed by atoms with Crippen molar-refractivity contribution >= 4 is 28.3 Å². The number of pyridine rings is 1. The average Bonchev–Trinajstić information content (AvgIpc) is 1.94. The Labute approximate surface area is 75.9 Å². The van der Waals surface area contributed by atoms with Crippen LogP contribution in [0.25, 0.3) is 0 Å². The van der Waals surface area contributed by atoms with E-state index in [1.165, 1.54) is 12.1 Å². The standard InChI is InChI=1S/C6H5F2IN2/c7-5(8)4-2-1-3(10)6(9)11-4/h1-2,5H,10H2. The van der Waals surface area contributed by atoms with E-state index in [4.69, 9.17) is 5.73 Å². The Morgan fingerprint density at radius 2 is 2.09 bits per heavy atom. The van der Waals surface area contributed by atoms with Crippen LogP contribution in [0.2, 0.25) is 0 Å². The number of aromatic nitrogens is 1. The third kappa shape index (κ3) is 1.98. The number of halogens is 3. The smallest absolute Gasteiger partial charge is 0.280 e. The highest BCUT2D eigenvalue weighted by atomic mass is 127. The van der Waals surface area contributed by atoms with Crippen LogP contribution < -0.4 is 5.73 Å². The second-order valence-electron chi connectivity index (χ2n) is 1.92. The van der Waals surface area contributed by atoms with Crippen molar-refractivity contribution in [3.05, 3.63) is 21.5 Å². The van der Waals surface area contributed by atoms with Crippen LogP contribution in [-0.2, 0) is 0 Å². The van der Waals surface area contributed by atoms with E-state index < -0.39 is 6.43 Å². The van der Waals surface area contributed by atoms with Gasteiger partial charge in [0, 0.05) is 0 Å². The minimum absolute atomic E-state index is 0.233. The number of anilines is 1. The van der Waals surface area contributed by atoms with Gasteiger partial charge in [-0.3, -0.25) is 0 Å². The number of hydrogen-bond acceptors (Lipinski definition) is 2. The summed E-state index contributed by atoms with van der Waals surface area (Å²) in [4.78, 5) is 3.58. The lowest BCUT2D eigenvalue weighted by Gasteiger charge is -2.00.